The van der Waals surface area contributed by atoms with Crippen LogP contribution in [0.5, 0.6) is 23.0 Å². The fourth-order valence-corrected chi connectivity index (χ4v) is 5.45. The van der Waals surface area contributed by atoms with Crippen molar-refractivity contribution in [2.24, 2.45) is 0 Å². The fourth-order valence-electron chi connectivity index (χ4n) is 5.45. The second-order valence-electron chi connectivity index (χ2n) is 10.8. The standard InChI is InChI=1S/C34H37N5O5/c1-23-7-10-32(42-3)29(17-23)34(41)39-13-11-38(12-14-39)31(30-22-36-24(2)37-30)18-25-8-9-26(21-35)33(19-25)44-28-6-4-5-27(20-28)43-16-15-40/h4-10,17,19-20,22,31,40H,11-16,18H2,1-3H3,(H,36,37). The number of carbonyl (C=O) groups excluding carboxylic acids is 1. The van der Waals surface area contributed by atoms with Gasteiger partial charge in [-0.25, -0.2) is 4.98 Å². The largest absolute Gasteiger partial charge is 0.496 e. The van der Waals surface area contributed by atoms with Crippen LogP contribution < -0.4 is 14.2 Å². The summed E-state index contributed by atoms with van der Waals surface area (Å²) in [6.07, 6.45) is 2.51. The molecule has 1 aromatic heterocycles. The van der Waals surface area contributed by atoms with Crippen LogP contribution in [0.2, 0.25) is 0 Å². The first-order valence-electron chi connectivity index (χ1n) is 14.6. The number of aromatic nitrogens is 2. The Hall–Kier alpha value is -4.85. The minimum Gasteiger partial charge on any atom is -0.496 e. The zero-order chi connectivity index (χ0) is 31.1. The number of imidazole rings is 1. The van der Waals surface area contributed by atoms with Gasteiger partial charge in [-0.3, -0.25) is 9.69 Å². The Balaban J connectivity index is 1.34. The quantitative estimate of drug-likeness (QED) is 0.253. The van der Waals surface area contributed by atoms with Crippen LogP contribution in [-0.4, -0.2) is 77.3 Å². The van der Waals surface area contributed by atoms with Gasteiger partial charge in [0.1, 0.15) is 41.5 Å². The van der Waals surface area contributed by atoms with E-state index in [-0.39, 0.29) is 25.2 Å². The lowest BCUT2D eigenvalue weighted by Gasteiger charge is -2.39. The van der Waals surface area contributed by atoms with Gasteiger partial charge in [-0.05, 0) is 62.2 Å². The summed E-state index contributed by atoms with van der Waals surface area (Å²) >= 11 is 0. The highest BCUT2D eigenvalue weighted by Crippen LogP contribution is 2.32. The monoisotopic (exact) mass is 595 g/mol. The number of carbonyl (C=O) groups is 1. The molecule has 1 saturated heterocycles. The second kappa shape index (κ2) is 14.1. The minimum atomic E-state index is -0.0877. The summed E-state index contributed by atoms with van der Waals surface area (Å²) < 4.78 is 17.1. The lowest BCUT2D eigenvalue weighted by molar-refractivity contribution is 0.0559. The van der Waals surface area contributed by atoms with Crippen molar-refractivity contribution in [3.8, 4) is 29.1 Å². The zero-order valence-corrected chi connectivity index (χ0v) is 25.2. The number of hydrogen-bond donors (Lipinski definition) is 2. The zero-order valence-electron chi connectivity index (χ0n) is 25.2. The molecule has 228 valence electrons. The average Bonchev–Trinajstić information content (AvgIpc) is 3.48. The third-order valence-electron chi connectivity index (χ3n) is 7.70. The molecule has 1 aliphatic rings. The summed E-state index contributed by atoms with van der Waals surface area (Å²) in [5.41, 5.74) is 3.99. The number of nitrogens with one attached hydrogen (secondary N) is 1. The number of piperazine rings is 1. The maximum Gasteiger partial charge on any atom is 0.257 e. The molecule has 0 aliphatic carbocycles. The van der Waals surface area contributed by atoms with Gasteiger partial charge >= 0.3 is 0 Å². The van der Waals surface area contributed by atoms with E-state index in [1.807, 2.05) is 55.3 Å². The van der Waals surface area contributed by atoms with Gasteiger partial charge in [-0.15, -0.1) is 0 Å². The Morgan fingerprint density at radius 1 is 1.05 bits per heavy atom. The first-order valence-corrected chi connectivity index (χ1v) is 14.6. The molecule has 0 saturated carbocycles. The number of H-pyrrole nitrogens is 1. The molecule has 3 aromatic carbocycles. The third kappa shape index (κ3) is 7.19. The van der Waals surface area contributed by atoms with Crippen molar-refractivity contribution in [3.63, 3.8) is 0 Å². The number of aromatic amines is 1. The molecule has 5 rings (SSSR count). The predicted octanol–water partition coefficient (Wildman–Crippen LogP) is 4.81. The molecular formula is C34H37N5O5. The van der Waals surface area contributed by atoms with Crippen LogP contribution >= 0.6 is 0 Å². The lowest BCUT2D eigenvalue weighted by Crippen LogP contribution is -2.50. The lowest BCUT2D eigenvalue weighted by atomic mass is 9.99. The van der Waals surface area contributed by atoms with Crippen molar-refractivity contribution in [1.82, 2.24) is 19.8 Å². The number of hydrogen-bond acceptors (Lipinski definition) is 8. The summed E-state index contributed by atoms with van der Waals surface area (Å²) in [4.78, 5) is 25.6. The molecule has 1 aliphatic heterocycles. The minimum absolute atomic E-state index is 0.0288. The topological polar surface area (TPSA) is 124 Å². The van der Waals surface area contributed by atoms with Gasteiger partial charge in [0.2, 0.25) is 0 Å². The van der Waals surface area contributed by atoms with E-state index in [0.717, 1.165) is 22.6 Å². The van der Waals surface area contributed by atoms with E-state index >= 15 is 0 Å². The molecule has 0 bridgehead atoms. The van der Waals surface area contributed by atoms with E-state index in [9.17, 15) is 10.1 Å². The summed E-state index contributed by atoms with van der Waals surface area (Å²) in [7, 11) is 1.58. The summed E-state index contributed by atoms with van der Waals surface area (Å²) in [5.74, 6) is 2.93. The molecule has 0 radical (unpaired) electrons. The molecule has 1 fully saturated rings. The molecule has 10 heteroatoms. The Bertz CT molecular complexity index is 1640. The van der Waals surface area contributed by atoms with Crippen LogP contribution in [-0.2, 0) is 6.42 Å². The molecule has 1 amide bonds. The van der Waals surface area contributed by atoms with Crippen molar-refractivity contribution in [3.05, 3.63) is 101 Å². The number of aliphatic hydroxyl groups excluding tert-OH is 1. The van der Waals surface area contributed by atoms with E-state index in [1.165, 1.54) is 0 Å². The molecule has 2 N–H and O–H groups in total. The Kier molecular flexibility index (Phi) is 9.79. The number of benzene rings is 3. The van der Waals surface area contributed by atoms with Crippen LogP contribution in [0.4, 0.5) is 0 Å². The number of methoxy groups -OCH3 is 1. The van der Waals surface area contributed by atoms with Crippen LogP contribution in [0.15, 0.2) is 66.9 Å². The molecule has 1 unspecified atom stereocenters. The number of nitrogens with zero attached hydrogens (tertiary/aromatic N) is 4. The second-order valence-corrected chi connectivity index (χ2v) is 10.8. The fraction of sp³-hybridized carbons (Fsp3) is 0.324. The van der Waals surface area contributed by atoms with E-state index in [4.69, 9.17) is 19.3 Å². The van der Waals surface area contributed by atoms with E-state index in [1.54, 1.807) is 37.4 Å². The molecular weight excluding hydrogens is 558 g/mol. The molecule has 4 aromatic rings. The van der Waals surface area contributed by atoms with Crippen LogP contribution in [0.3, 0.4) is 0 Å². The van der Waals surface area contributed by atoms with E-state index < -0.39 is 0 Å². The van der Waals surface area contributed by atoms with Crippen LogP contribution in [0.1, 0.15) is 44.6 Å². The molecule has 10 nitrogen and oxygen atoms in total. The van der Waals surface area contributed by atoms with Crippen LogP contribution in [0, 0.1) is 25.2 Å². The highest BCUT2D eigenvalue weighted by Gasteiger charge is 2.30. The van der Waals surface area contributed by atoms with Crippen molar-refractivity contribution in [2.75, 3.05) is 46.5 Å². The van der Waals surface area contributed by atoms with Gasteiger partial charge in [0.05, 0.1) is 36.6 Å². The van der Waals surface area contributed by atoms with E-state index in [2.05, 4.69) is 20.9 Å². The Morgan fingerprint density at radius 2 is 1.84 bits per heavy atom. The summed E-state index contributed by atoms with van der Waals surface area (Å²) in [6.45, 7) is 6.51. The van der Waals surface area contributed by atoms with Gasteiger partial charge in [-0.2, -0.15) is 5.26 Å². The number of aryl methyl sites for hydroxylation is 2. The maximum atomic E-state index is 13.4. The molecule has 44 heavy (non-hydrogen) atoms. The number of nitriles is 1. The van der Waals surface area contributed by atoms with Crippen molar-refractivity contribution < 1.29 is 24.1 Å². The number of amides is 1. The molecule has 1 atom stereocenters. The number of rotatable bonds is 11. The first kappa shape index (κ1) is 30.6. The number of aliphatic hydroxyl groups is 1. The molecule has 2 heterocycles. The van der Waals surface area contributed by atoms with E-state index in [0.29, 0.717) is 66.7 Å². The first-order chi connectivity index (χ1) is 21.4. The Labute approximate surface area is 257 Å². The summed E-state index contributed by atoms with van der Waals surface area (Å²) in [5, 5.41) is 18.9. The van der Waals surface area contributed by atoms with Crippen molar-refractivity contribution in [2.45, 2.75) is 26.3 Å². The SMILES string of the molecule is COc1ccc(C)cc1C(=O)N1CCN(C(Cc2ccc(C#N)c(Oc3cccc(OCCO)c3)c2)c2cnc(C)[nH]2)CC1. The van der Waals surface area contributed by atoms with Crippen molar-refractivity contribution >= 4 is 5.91 Å². The molecule has 0 spiro atoms. The summed E-state index contributed by atoms with van der Waals surface area (Å²) in [6, 6.07) is 20.6. The normalized spacial score (nSPS) is 14.1. The third-order valence-corrected chi connectivity index (χ3v) is 7.70. The van der Waals surface area contributed by atoms with Gasteiger partial charge in [-0.1, -0.05) is 23.8 Å². The van der Waals surface area contributed by atoms with Crippen molar-refractivity contribution in [1.29, 1.82) is 5.26 Å². The van der Waals surface area contributed by atoms with Gasteiger partial charge in [0.25, 0.3) is 5.91 Å². The smallest absolute Gasteiger partial charge is 0.257 e. The predicted molar refractivity (Wildman–Crippen MR) is 165 cm³/mol. The average molecular weight is 596 g/mol. The number of ether oxygens (including phenoxy) is 3. The Morgan fingerprint density at radius 3 is 2.55 bits per heavy atom. The van der Waals surface area contributed by atoms with Gasteiger partial charge in [0.15, 0.2) is 0 Å². The van der Waals surface area contributed by atoms with Gasteiger partial charge in [0, 0.05) is 38.4 Å². The maximum absolute atomic E-state index is 13.4. The van der Waals surface area contributed by atoms with Crippen LogP contribution in [0.25, 0.3) is 0 Å². The highest BCUT2D eigenvalue weighted by molar-refractivity contribution is 5.97. The highest BCUT2D eigenvalue weighted by atomic mass is 16.5. The van der Waals surface area contributed by atoms with Gasteiger partial charge < -0.3 is 29.2 Å².